The van der Waals surface area contributed by atoms with Crippen molar-refractivity contribution in [2.75, 3.05) is 0 Å². The molecule has 3 nitrogen and oxygen atoms in total. The number of fused-ring (bicyclic) bond motifs is 3. The standard InChI is InChI=1S/C20H28O3/c1-19(2)7-4-8-20(3)16-6-5-13(12-21)9-15(22)10-14(16)11-17(23)18(19)20/h5,11-12,15-16,18,22H,4,6-10H2,1-3H3/b13-5+/t15-,16-,18-,20+/m0/s1. The minimum Gasteiger partial charge on any atom is -0.392 e. The van der Waals surface area contributed by atoms with Crippen LogP contribution in [0.15, 0.2) is 23.3 Å². The molecule has 0 heterocycles. The Labute approximate surface area is 138 Å². The fraction of sp³-hybridized carbons (Fsp3) is 0.700. The van der Waals surface area contributed by atoms with Gasteiger partial charge in [-0.3, -0.25) is 9.59 Å². The highest BCUT2D eigenvalue weighted by Crippen LogP contribution is 2.60. The van der Waals surface area contributed by atoms with Crippen molar-refractivity contribution in [2.45, 2.75) is 65.4 Å². The second-order valence-electron chi connectivity index (χ2n) is 8.65. The number of carbonyl (C=O) groups excluding carboxylic acids is 2. The number of hydrogen-bond acceptors (Lipinski definition) is 3. The summed E-state index contributed by atoms with van der Waals surface area (Å²) < 4.78 is 0. The van der Waals surface area contributed by atoms with Crippen LogP contribution in [0.25, 0.3) is 0 Å². The highest BCUT2D eigenvalue weighted by Gasteiger charge is 2.55. The Bertz CT molecular complexity index is 584. The lowest BCUT2D eigenvalue weighted by molar-refractivity contribution is -0.136. The van der Waals surface area contributed by atoms with E-state index < -0.39 is 6.10 Å². The van der Waals surface area contributed by atoms with E-state index >= 15 is 0 Å². The number of ketones is 1. The van der Waals surface area contributed by atoms with Crippen LogP contribution in [0, 0.1) is 22.7 Å². The van der Waals surface area contributed by atoms with Gasteiger partial charge in [-0.15, -0.1) is 0 Å². The van der Waals surface area contributed by atoms with Gasteiger partial charge in [0, 0.05) is 12.3 Å². The molecule has 3 rings (SSSR count). The SMILES string of the molecule is CC1(C)CCC[C@]2(C)[C@H]3C/C=C(/C=O)C[C@H](O)CC3=CC(=O)[C@@H]12. The number of hydrogen-bond donors (Lipinski definition) is 1. The van der Waals surface area contributed by atoms with Crippen LogP contribution in [-0.2, 0) is 9.59 Å². The van der Waals surface area contributed by atoms with E-state index in [0.717, 1.165) is 37.5 Å². The van der Waals surface area contributed by atoms with Crippen LogP contribution >= 0.6 is 0 Å². The van der Waals surface area contributed by atoms with E-state index in [1.165, 1.54) is 0 Å². The smallest absolute Gasteiger partial charge is 0.159 e. The van der Waals surface area contributed by atoms with Gasteiger partial charge in [-0.2, -0.15) is 0 Å². The Morgan fingerprint density at radius 1 is 1.22 bits per heavy atom. The van der Waals surface area contributed by atoms with Gasteiger partial charge in [0.2, 0.25) is 0 Å². The quantitative estimate of drug-likeness (QED) is 0.752. The van der Waals surface area contributed by atoms with Crippen LogP contribution in [0.4, 0.5) is 0 Å². The number of aldehydes is 1. The fourth-order valence-electron chi connectivity index (χ4n) is 5.67. The molecule has 126 valence electrons. The van der Waals surface area contributed by atoms with Crippen molar-refractivity contribution in [3.8, 4) is 0 Å². The van der Waals surface area contributed by atoms with E-state index in [1.807, 2.05) is 12.2 Å². The highest BCUT2D eigenvalue weighted by molar-refractivity contribution is 5.95. The zero-order valence-corrected chi connectivity index (χ0v) is 14.5. The number of carbonyl (C=O) groups is 2. The van der Waals surface area contributed by atoms with Crippen molar-refractivity contribution in [3.05, 3.63) is 23.3 Å². The third-order valence-electron chi connectivity index (χ3n) is 6.54. The Hall–Kier alpha value is -1.22. The molecule has 23 heavy (non-hydrogen) atoms. The van der Waals surface area contributed by atoms with Gasteiger partial charge < -0.3 is 5.11 Å². The zero-order valence-electron chi connectivity index (χ0n) is 14.5. The van der Waals surface area contributed by atoms with Crippen LogP contribution < -0.4 is 0 Å². The van der Waals surface area contributed by atoms with Crippen molar-refractivity contribution >= 4 is 12.1 Å². The van der Waals surface area contributed by atoms with E-state index in [2.05, 4.69) is 20.8 Å². The molecule has 0 bridgehead atoms. The summed E-state index contributed by atoms with van der Waals surface area (Å²) in [7, 11) is 0. The molecule has 3 aliphatic carbocycles. The Morgan fingerprint density at radius 2 is 1.96 bits per heavy atom. The first-order valence-corrected chi connectivity index (χ1v) is 8.84. The Balaban J connectivity index is 2.07. The molecule has 1 N–H and O–H groups in total. The first-order valence-electron chi connectivity index (χ1n) is 8.84. The fourth-order valence-corrected chi connectivity index (χ4v) is 5.67. The monoisotopic (exact) mass is 316 g/mol. The molecule has 0 saturated heterocycles. The summed E-state index contributed by atoms with van der Waals surface area (Å²) in [4.78, 5) is 24.1. The summed E-state index contributed by atoms with van der Waals surface area (Å²) in [6, 6.07) is 0. The predicted molar refractivity (Wildman–Crippen MR) is 89.8 cm³/mol. The van der Waals surface area contributed by atoms with E-state index in [9.17, 15) is 14.7 Å². The number of aliphatic hydroxyl groups excluding tert-OH is 1. The number of allylic oxidation sites excluding steroid dienone is 2. The minimum atomic E-state index is -0.565. The summed E-state index contributed by atoms with van der Waals surface area (Å²) in [5.41, 5.74) is 1.75. The van der Waals surface area contributed by atoms with Crippen LogP contribution in [0.3, 0.4) is 0 Å². The van der Waals surface area contributed by atoms with Gasteiger partial charge in [0.05, 0.1) is 6.10 Å². The molecule has 0 aromatic rings. The van der Waals surface area contributed by atoms with E-state index in [-0.39, 0.29) is 28.4 Å². The first-order chi connectivity index (χ1) is 10.8. The molecule has 0 aromatic carbocycles. The first kappa shape index (κ1) is 16.6. The van der Waals surface area contributed by atoms with Crippen molar-refractivity contribution in [3.63, 3.8) is 0 Å². The van der Waals surface area contributed by atoms with Crippen LogP contribution in [0.1, 0.15) is 59.3 Å². The maximum absolute atomic E-state index is 12.9. The Morgan fingerprint density at radius 3 is 2.65 bits per heavy atom. The maximum Gasteiger partial charge on any atom is 0.159 e. The summed E-state index contributed by atoms with van der Waals surface area (Å²) in [5.74, 6) is 0.549. The predicted octanol–water partition coefficient (Wildman–Crippen LogP) is 3.61. The molecule has 4 atom stereocenters. The molecule has 0 radical (unpaired) electrons. The number of rotatable bonds is 1. The molecule has 1 fully saturated rings. The average molecular weight is 316 g/mol. The normalized spacial score (nSPS) is 42.3. The van der Waals surface area contributed by atoms with Gasteiger partial charge in [0.15, 0.2) is 5.78 Å². The van der Waals surface area contributed by atoms with Crippen molar-refractivity contribution in [1.29, 1.82) is 0 Å². The second kappa shape index (κ2) is 5.70. The average Bonchev–Trinajstić information content (AvgIpc) is 2.41. The maximum atomic E-state index is 12.9. The van der Waals surface area contributed by atoms with Gasteiger partial charge in [0.25, 0.3) is 0 Å². The molecular weight excluding hydrogens is 288 g/mol. The van der Waals surface area contributed by atoms with Gasteiger partial charge in [-0.05, 0) is 54.1 Å². The largest absolute Gasteiger partial charge is 0.392 e. The molecular formula is C20H28O3. The van der Waals surface area contributed by atoms with Crippen molar-refractivity contribution in [1.82, 2.24) is 0 Å². The second-order valence-corrected chi connectivity index (χ2v) is 8.65. The van der Waals surface area contributed by atoms with Gasteiger partial charge in [0.1, 0.15) is 6.29 Å². The van der Waals surface area contributed by atoms with Crippen LogP contribution in [0.2, 0.25) is 0 Å². The Kier molecular flexibility index (Phi) is 4.12. The third-order valence-corrected chi connectivity index (χ3v) is 6.54. The van der Waals surface area contributed by atoms with Gasteiger partial charge in [-0.25, -0.2) is 0 Å². The third kappa shape index (κ3) is 2.73. The van der Waals surface area contributed by atoms with E-state index in [1.54, 1.807) is 0 Å². The lowest BCUT2D eigenvalue weighted by atomic mass is 9.47. The molecule has 0 spiro atoms. The molecule has 0 amide bonds. The summed E-state index contributed by atoms with van der Waals surface area (Å²) in [6.45, 7) is 6.70. The van der Waals surface area contributed by atoms with Crippen LogP contribution in [0.5, 0.6) is 0 Å². The van der Waals surface area contributed by atoms with Crippen LogP contribution in [-0.4, -0.2) is 23.3 Å². The molecule has 0 unspecified atom stereocenters. The summed E-state index contributed by atoms with van der Waals surface area (Å²) in [5, 5.41) is 10.3. The van der Waals surface area contributed by atoms with Gasteiger partial charge in [-0.1, -0.05) is 38.8 Å². The molecule has 0 aromatic heterocycles. The van der Waals surface area contributed by atoms with E-state index in [0.29, 0.717) is 18.4 Å². The minimum absolute atomic E-state index is 0.0182. The summed E-state index contributed by atoms with van der Waals surface area (Å²) in [6.07, 6.45) is 9.13. The topological polar surface area (TPSA) is 54.4 Å². The zero-order chi connectivity index (χ0) is 16.8. The molecule has 3 heteroatoms. The lowest BCUT2D eigenvalue weighted by Gasteiger charge is -2.56. The van der Waals surface area contributed by atoms with E-state index in [4.69, 9.17) is 0 Å². The van der Waals surface area contributed by atoms with Gasteiger partial charge >= 0.3 is 0 Å². The summed E-state index contributed by atoms with van der Waals surface area (Å²) >= 11 is 0. The molecule has 0 aliphatic heterocycles. The molecule has 1 saturated carbocycles. The highest BCUT2D eigenvalue weighted by atomic mass is 16.3. The van der Waals surface area contributed by atoms with Crippen molar-refractivity contribution in [2.24, 2.45) is 22.7 Å². The lowest BCUT2D eigenvalue weighted by Crippen LogP contribution is -2.53. The number of aliphatic hydroxyl groups is 1. The van der Waals surface area contributed by atoms with Crippen molar-refractivity contribution < 1.29 is 14.7 Å². The molecule has 3 aliphatic rings.